The van der Waals surface area contributed by atoms with Gasteiger partial charge in [-0.3, -0.25) is 23.4 Å². The van der Waals surface area contributed by atoms with E-state index in [9.17, 15) is 28.9 Å². The fraction of sp³-hybridized carbons (Fsp3) is 0.875. The molecule has 0 saturated carbocycles. The number of aliphatic hydroxyl groups excluding tert-OH is 1. The Morgan fingerprint density at radius 1 is 0.397 bits per heavy atom. The van der Waals surface area contributed by atoms with Crippen molar-refractivity contribution >= 4 is 25.7 Å². The topological polar surface area (TPSA) is 155 Å². The van der Waals surface area contributed by atoms with Crippen molar-refractivity contribution in [1.82, 2.24) is 0 Å². The van der Waals surface area contributed by atoms with E-state index >= 15 is 0 Å². The summed E-state index contributed by atoms with van der Waals surface area (Å²) in [7, 11) is -4.74. The average Bonchev–Trinajstić information content (AvgIpc) is 3.32. The van der Waals surface area contributed by atoms with Gasteiger partial charge in [-0.1, -0.05) is 218 Å². The van der Waals surface area contributed by atoms with Crippen LogP contribution in [0.3, 0.4) is 0 Å². The number of hydrogen-bond acceptors (Lipinski definition) is 10. The number of unbranched alkanes of at least 4 members (excludes halogenated alkanes) is 32. The molecule has 3 unspecified atom stereocenters. The van der Waals surface area contributed by atoms with Gasteiger partial charge < -0.3 is 24.2 Å². The first-order chi connectivity index (χ1) is 33.2. The molecule has 0 aromatic carbocycles. The standard InChI is InChI=1S/C56H105O11P/c1-4-7-10-13-16-19-22-24-25-26-27-29-31-33-36-39-42-45-54(58)63-49-53(67-56(60)47-44-41-38-35-32-28-23-20-17-14-11-8-5-2)51-65-68(61,62)64-50-52(48-57)66-55(59)46-43-40-37-34-30-21-18-15-12-9-6-3/h15,18,24-25,52-53,57H,4-14,16-17,19-23,26-51H2,1-3H3,(H,61,62)/b18-15-,25-24-. The Bertz CT molecular complexity index is 1240. The summed E-state index contributed by atoms with van der Waals surface area (Å²) in [6.07, 6.45) is 50.0. The summed E-state index contributed by atoms with van der Waals surface area (Å²) in [5.41, 5.74) is 0. The molecule has 0 aromatic rings. The lowest BCUT2D eigenvalue weighted by Crippen LogP contribution is -2.30. The maximum Gasteiger partial charge on any atom is 0.472 e. The summed E-state index contributed by atoms with van der Waals surface area (Å²) in [6.45, 7) is 4.62. The van der Waals surface area contributed by atoms with Crippen LogP contribution < -0.4 is 0 Å². The van der Waals surface area contributed by atoms with Gasteiger partial charge in [0, 0.05) is 19.3 Å². The first kappa shape index (κ1) is 66.0. The van der Waals surface area contributed by atoms with Crippen LogP contribution >= 0.6 is 7.82 Å². The quantitative estimate of drug-likeness (QED) is 0.0197. The van der Waals surface area contributed by atoms with Gasteiger partial charge in [0.05, 0.1) is 19.8 Å². The Morgan fingerprint density at radius 2 is 0.691 bits per heavy atom. The number of phosphoric acid groups is 1. The Kier molecular flexibility index (Phi) is 49.8. The van der Waals surface area contributed by atoms with Gasteiger partial charge in [0.1, 0.15) is 12.7 Å². The summed E-state index contributed by atoms with van der Waals surface area (Å²) in [4.78, 5) is 48.4. The van der Waals surface area contributed by atoms with E-state index in [4.69, 9.17) is 23.3 Å². The maximum absolute atomic E-state index is 12.9. The second-order valence-electron chi connectivity index (χ2n) is 19.1. The van der Waals surface area contributed by atoms with Gasteiger partial charge in [0.25, 0.3) is 0 Å². The second kappa shape index (κ2) is 51.3. The van der Waals surface area contributed by atoms with Gasteiger partial charge in [0.15, 0.2) is 6.10 Å². The number of phosphoric ester groups is 1. The summed E-state index contributed by atoms with van der Waals surface area (Å²) in [6, 6.07) is 0. The van der Waals surface area contributed by atoms with Crippen LogP contribution in [0.5, 0.6) is 0 Å². The highest BCUT2D eigenvalue weighted by Crippen LogP contribution is 2.43. The molecule has 0 heterocycles. The molecule has 0 aliphatic rings. The molecule has 0 aromatic heterocycles. The van der Waals surface area contributed by atoms with E-state index in [1.807, 2.05) is 0 Å². The zero-order valence-corrected chi connectivity index (χ0v) is 45.0. The normalized spacial score (nSPS) is 13.5. The van der Waals surface area contributed by atoms with Crippen LogP contribution in [-0.4, -0.2) is 66.5 Å². The van der Waals surface area contributed by atoms with Crippen LogP contribution in [0.25, 0.3) is 0 Å². The van der Waals surface area contributed by atoms with Gasteiger partial charge in [-0.2, -0.15) is 0 Å². The number of carbonyl (C=O) groups excluding carboxylic acids is 3. The largest absolute Gasteiger partial charge is 0.472 e. The maximum atomic E-state index is 12.9. The number of aliphatic hydroxyl groups is 1. The monoisotopic (exact) mass is 985 g/mol. The van der Waals surface area contributed by atoms with E-state index in [1.54, 1.807) is 0 Å². The zero-order chi connectivity index (χ0) is 49.9. The van der Waals surface area contributed by atoms with Crippen LogP contribution in [0.4, 0.5) is 0 Å². The first-order valence-electron chi connectivity index (χ1n) is 28.2. The molecule has 0 saturated heterocycles. The predicted molar refractivity (Wildman–Crippen MR) is 280 cm³/mol. The molecule has 0 radical (unpaired) electrons. The van der Waals surface area contributed by atoms with Gasteiger partial charge in [-0.25, -0.2) is 4.57 Å². The smallest absolute Gasteiger partial charge is 0.462 e. The molecule has 0 aliphatic carbocycles. The lowest BCUT2D eigenvalue weighted by atomic mass is 10.0. The predicted octanol–water partition coefficient (Wildman–Crippen LogP) is 16.3. The molecule has 0 fully saturated rings. The van der Waals surface area contributed by atoms with Crippen LogP contribution in [0.15, 0.2) is 24.3 Å². The van der Waals surface area contributed by atoms with E-state index in [0.29, 0.717) is 19.3 Å². The van der Waals surface area contributed by atoms with Crippen molar-refractivity contribution in [2.45, 2.75) is 290 Å². The molecule has 12 heteroatoms. The van der Waals surface area contributed by atoms with E-state index in [2.05, 4.69) is 45.1 Å². The number of carbonyl (C=O) groups is 3. The molecule has 0 spiro atoms. The molecule has 0 bridgehead atoms. The molecule has 3 atom stereocenters. The number of rotatable bonds is 53. The fourth-order valence-corrected chi connectivity index (χ4v) is 8.76. The molecule has 400 valence electrons. The SMILES string of the molecule is CCCC/C=C\CCCCCCCC(=O)OC(CO)COP(=O)(O)OCC(COC(=O)CCCCCCCCC/C=C\CCCCCCCC)OC(=O)CCCCCCCCCCCCCCC. The third-order valence-electron chi connectivity index (χ3n) is 12.3. The lowest BCUT2D eigenvalue weighted by Gasteiger charge is -2.21. The van der Waals surface area contributed by atoms with Crippen LogP contribution in [0, 0.1) is 0 Å². The van der Waals surface area contributed by atoms with Gasteiger partial charge in [-0.15, -0.1) is 0 Å². The van der Waals surface area contributed by atoms with Crippen molar-refractivity contribution in [2.24, 2.45) is 0 Å². The highest BCUT2D eigenvalue weighted by molar-refractivity contribution is 7.47. The van der Waals surface area contributed by atoms with Crippen molar-refractivity contribution in [3.63, 3.8) is 0 Å². The Balaban J connectivity index is 4.69. The number of esters is 3. The molecular formula is C56H105O11P. The molecule has 2 N–H and O–H groups in total. The van der Waals surface area contributed by atoms with Crippen LogP contribution in [-0.2, 0) is 42.2 Å². The van der Waals surface area contributed by atoms with Crippen molar-refractivity contribution in [2.75, 3.05) is 26.4 Å². The van der Waals surface area contributed by atoms with Gasteiger partial charge >= 0.3 is 25.7 Å². The van der Waals surface area contributed by atoms with Crippen LogP contribution in [0.2, 0.25) is 0 Å². The summed E-state index contributed by atoms with van der Waals surface area (Å²) in [5, 5.41) is 9.77. The summed E-state index contributed by atoms with van der Waals surface area (Å²) >= 11 is 0. The van der Waals surface area contributed by atoms with Gasteiger partial charge in [0.2, 0.25) is 0 Å². The molecule has 0 aliphatic heterocycles. The second-order valence-corrected chi connectivity index (χ2v) is 20.6. The molecule has 0 amide bonds. The van der Waals surface area contributed by atoms with Crippen molar-refractivity contribution < 1.29 is 52.2 Å². The number of hydrogen-bond donors (Lipinski definition) is 2. The number of ether oxygens (including phenoxy) is 3. The van der Waals surface area contributed by atoms with Gasteiger partial charge in [-0.05, 0) is 64.2 Å². The van der Waals surface area contributed by atoms with Crippen molar-refractivity contribution in [3.8, 4) is 0 Å². The third-order valence-corrected chi connectivity index (χ3v) is 13.3. The molecule has 11 nitrogen and oxygen atoms in total. The van der Waals surface area contributed by atoms with E-state index in [-0.39, 0.29) is 25.9 Å². The minimum Gasteiger partial charge on any atom is -0.462 e. The van der Waals surface area contributed by atoms with Crippen LogP contribution in [0.1, 0.15) is 278 Å². The number of allylic oxidation sites excluding steroid dienone is 4. The highest BCUT2D eigenvalue weighted by atomic mass is 31.2. The summed E-state index contributed by atoms with van der Waals surface area (Å²) in [5.74, 6) is -1.46. The Morgan fingerprint density at radius 3 is 1.06 bits per heavy atom. The minimum absolute atomic E-state index is 0.170. The molecule has 68 heavy (non-hydrogen) atoms. The van der Waals surface area contributed by atoms with E-state index in [0.717, 1.165) is 83.5 Å². The van der Waals surface area contributed by atoms with E-state index in [1.165, 1.54) is 135 Å². The Hall–Kier alpha value is -2.04. The Labute approximate surface area is 417 Å². The van der Waals surface area contributed by atoms with Crippen molar-refractivity contribution in [1.29, 1.82) is 0 Å². The third kappa shape index (κ3) is 49.0. The van der Waals surface area contributed by atoms with Crippen molar-refractivity contribution in [3.05, 3.63) is 24.3 Å². The highest BCUT2D eigenvalue weighted by Gasteiger charge is 2.28. The average molecular weight is 985 g/mol. The molecule has 0 rings (SSSR count). The fourth-order valence-electron chi connectivity index (χ4n) is 7.98. The first-order valence-corrected chi connectivity index (χ1v) is 29.7. The summed E-state index contributed by atoms with van der Waals surface area (Å²) < 4.78 is 39.4. The van der Waals surface area contributed by atoms with E-state index < -0.39 is 57.8 Å². The molecular weight excluding hydrogens is 880 g/mol. The minimum atomic E-state index is -4.74. The lowest BCUT2D eigenvalue weighted by molar-refractivity contribution is -0.161. The zero-order valence-electron chi connectivity index (χ0n) is 44.1.